The summed E-state index contributed by atoms with van der Waals surface area (Å²) in [7, 11) is 2.99. The monoisotopic (exact) mass is 429 g/mol. The molecule has 2 aromatic carbocycles. The van der Waals surface area contributed by atoms with E-state index in [1.54, 1.807) is 36.4 Å². The maximum Gasteiger partial charge on any atom is 0.306 e. The van der Waals surface area contributed by atoms with Gasteiger partial charge in [0.2, 0.25) is 0 Å². The molecular formula is C22H23NO8. The zero-order valence-electron chi connectivity index (χ0n) is 17.3. The molecule has 1 aliphatic heterocycles. The highest BCUT2D eigenvalue weighted by molar-refractivity contribution is 5.98. The number of nitrogens with one attached hydrogen (secondary N) is 1. The van der Waals surface area contributed by atoms with Gasteiger partial charge in [-0.15, -0.1) is 0 Å². The van der Waals surface area contributed by atoms with Crippen molar-refractivity contribution in [3.63, 3.8) is 0 Å². The predicted octanol–water partition coefficient (Wildman–Crippen LogP) is 2.62. The molecule has 31 heavy (non-hydrogen) atoms. The maximum absolute atomic E-state index is 12.3. The Bertz CT molecular complexity index is 950. The molecule has 1 N–H and O–H groups in total. The van der Waals surface area contributed by atoms with Gasteiger partial charge in [0.1, 0.15) is 24.7 Å². The van der Waals surface area contributed by atoms with Crippen LogP contribution in [-0.4, -0.2) is 51.7 Å². The van der Waals surface area contributed by atoms with Crippen LogP contribution in [0.5, 0.6) is 23.0 Å². The minimum Gasteiger partial charge on any atom is -0.497 e. The summed E-state index contributed by atoms with van der Waals surface area (Å²) in [5.74, 6) is 0.689. The van der Waals surface area contributed by atoms with E-state index >= 15 is 0 Å². The van der Waals surface area contributed by atoms with Gasteiger partial charge in [0.25, 0.3) is 5.91 Å². The molecule has 9 nitrogen and oxygen atoms in total. The summed E-state index contributed by atoms with van der Waals surface area (Å²) < 4.78 is 26.1. The molecule has 0 spiro atoms. The number of anilines is 1. The van der Waals surface area contributed by atoms with Crippen LogP contribution in [0.4, 0.5) is 5.69 Å². The van der Waals surface area contributed by atoms with Crippen LogP contribution in [0.3, 0.4) is 0 Å². The fourth-order valence-electron chi connectivity index (χ4n) is 2.87. The van der Waals surface area contributed by atoms with Crippen LogP contribution in [0, 0.1) is 0 Å². The fourth-order valence-corrected chi connectivity index (χ4v) is 2.87. The second-order valence-electron chi connectivity index (χ2n) is 6.59. The molecule has 9 heteroatoms. The fraction of sp³-hybridized carbons (Fsp3) is 0.318. The number of benzene rings is 2. The van der Waals surface area contributed by atoms with E-state index in [1.165, 1.54) is 14.2 Å². The third kappa shape index (κ3) is 6.11. The van der Waals surface area contributed by atoms with Gasteiger partial charge < -0.3 is 29.0 Å². The van der Waals surface area contributed by atoms with Gasteiger partial charge in [-0.1, -0.05) is 0 Å². The van der Waals surface area contributed by atoms with Gasteiger partial charge in [-0.05, 0) is 18.2 Å². The Hall–Kier alpha value is -3.75. The van der Waals surface area contributed by atoms with E-state index in [-0.39, 0.29) is 18.6 Å². The summed E-state index contributed by atoms with van der Waals surface area (Å²) in [5, 5.41) is 2.60. The SMILES string of the molecule is COc1cc(NC(=O)COC(=O)CCC(=O)c2ccc3c(c2)OCCO3)cc(OC)c1. The molecule has 0 aliphatic carbocycles. The van der Waals surface area contributed by atoms with E-state index in [0.717, 1.165) is 0 Å². The molecule has 1 aliphatic rings. The van der Waals surface area contributed by atoms with E-state index in [2.05, 4.69) is 5.32 Å². The van der Waals surface area contributed by atoms with Crippen LogP contribution in [0.1, 0.15) is 23.2 Å². The summed E-state index contributed by atoms with van der Waals surface area (Å²) in [5.41, 5.74) is 0.854. The van der Waals surface area contributed by atoms with Crippen molar-refractivity contribution in [2.24, 2.45) is 0 Å². The number of ether oxygens (including phenoxy) is 5. The summed E-state index contributed by atoms with van der Waals surface area (Å²) in [6, 6.07) is 9.75. The van der Waals surface area contributed by atoms with Crippen molar-refractivity contribution < 1.29 is 38.1 Å². The van der Waals surface area contributed by atoms with Crippen molar-refractivity contribution in [3.05, 3.63) is 42.0 Å². The Morgan fingerprint density at radius 2 is 1.58 bits per heavy atom. The number of hydrogen-bond acceptors (Lipinski definition) is 8. The molecule has 0 bridgehead atoms. The number of Topliss-reactive ketones (excluding diaryl/α,β-unsaturated/α-hetero) is 1. The molecule has 0 radical (unpaired) electrons. The third-order valence-electron chi connectivity index (χ3n) is 4.42. The number of amides is 1. The van der Waals surface area contributed by atoms with E-state index < -0.39 is 18.5 Å². The average Bonchev–Trinajstić information content (AvgIpc) is 2.80. The van der Waals surface area contributed by atoms with E-state index in [9.17, 15) is 14.4 Å². The smallest absolute Gasteiger partial charge is 0.306 e. The molecule has 0 atom stereocenters. The van der Waals surface area contributed by atoms with Crippen LogP contribution in [0.25, 0.3) is 0 Å². The van der Waals surface area contributed by atoms with Crippen LogP contribution >= 0.6 is 0 Å². The first-order valence-corrected chi connectivity index (χ1v) is 9.60. The maximum atomic E-state index is 12.3. The van der Waals surface area contributed by atoms with E-state index in [1.807, 2.05) is 0 Å². The first-order chi connectivity index (χ1) is 15.0. The summed E-state index contributed by atoms with van der Waals surface area (Å²) in [6.45, 7) is 0.406. The van der Waals surface area contributed by atoms with Crippen molar-refractivity contribution >= 4 is 23.3 Å². The molecule has 2 aromatic rings. The lowest BCUT2D eigenvalue weighted by molar-refractivity contribution is -0.147. The normalized spacial score (nSPS) is 11.9. The number of hydrogen-bond donors (Lipinski definition) is 1. The summed E-state index contributed by atoms with van der Waals surface area (Å²) >= 11 is 0. The number of esters is 1. The molecule has 3 rings (SSSR count). The lowest BCUT2D eigenvalue weighted by Crippen LogP contribution is -2.21. The average molecular weight is 429 g/mol. The van der Waals surface area contributed by atoms with Crippen molar-refractivity contribution in [3.8, 4) is 23.0 Å². The zero-order chi connectivity index (χ0) is 22.2. The molecule has 0 aromatic heterocycles. The number of ketones is 1. The van der Waals surface area contributed by atoms with Gasteiger partial charge in [0.05, 0.1) is 20.6 Å². The number of fused-ring (bicyclic) bond motifs is 1. The van der Waals surface area contributed by atoms with Gasteiger partial charge in [0, 0.05) is 35.9 Å². The molecule has 0 saturated heterocycles. The topological polar surface area (TPSA) is 109 Å². The zero-order valence-corrected chi connectivity index (χ0v) is 17.3. The quantitative estimate of drug-likeness (QED) is 0.479. The van der Waals surface area contributed by atoms with Gasteiger partial charge >= 0.3 is 5.97 Å². The largest absolute Gasteiger partial charge is 0.497 e. The van der Waals surface area contributed by atoms with Crippen molar-refractivity contribution in [2.45, 2.75) is 12.8 Å². The second-order valence-corrected chi connectivity index (χ2v) is 6.59. The number of carbonyl (C=O) groups is 3. The molecule has 1 heterocycles. The van der Waals surface area contributed by atoms with Gasteiger partial charge in [-0.2, -0.15) is 0 Å². The van der Waals surface area contributed by atoms with Gasteiger partial charge in [0.15, 0.2) is 23.9 Å². The Morgan fingerprint density at radius 3 is 2.26 bits per heavy atom. The molecule has 164 valence electrons. The van der Waals surface area contributed by atoms with Crippen LogP contribution < -0.4 is 24.3 Å². The number of carbonyl (C=O) groups excluding carboxylic acids is 3. The molecule has 0 saturated carbocycles. The molecular weight excluding hydrogens is 406 g/mol. The highest BCUT2D eigenvalue weighted by Gasteiger charge is 2.17. The van der Waals surface area contributed by atoms with Gasteiger partial charge in [-0.25, -0.2) is 0 Å². The summed E-state index contributed by atoms with van der Waals surface area (Å²) in [6.07, 6.45) is -0.194. The highest BCUT2D eigenvalue weighted by Crippen LogP contribution is 2.31. The van der Waals surface area contributed by atoms with Crippen LogP contribution in [-0.2, 0) is 14.3 Å². The van der Waals surface area contributed by atoms with Crippen molar-refractivity contribution in [1.82, 2.24) is 0 Å². The Morgan fingerprint density at radius 1 is 0.903 bits per heavy atom. The Balaban J connectivity index is 1.45. The molecule has 1 amide bonds. The van der Waals surface area contributed by atoms with Crippen LogP contribution in [0.2, 0.25) is 0 Å². The number of rotatable bonds is 9. The summed E-state index contributed by atoms with van der Waals surface area (Å²) in [4.78, 5) is 36.3. The van der Waals surface area contributed by atoms with E-state index in [4.69, 9.17) is 23.7 Å². The standard InChI is InChI=1S/C22H23NO8/c1-27-16-10-15(11-17(12-16)28-2)23-21(25)13-31-22(26)6-4-18(24)14-3-5-19-20(9-14)30-8-7-29-19/h3,5,9-12H,4,6-8,13H2,1-2H3,(H,23,25). The number of methoxy groups -OCH3 is 2. The van der Waals surface area contributed by atoms with Crippen LogP contribution in [0.15, 0.2) is 36.4 Å². The van der Waals surface area contributed by atoms with E-state index in [0.29, 0.717) is 47.5 Å². The highest BCUT2D eigenvalue weighted by atomic mass is 16.6. The minimum atomic E-state index is -0.649. The predicted molar refractivity (Wildman–Crippen MR) is 110 cm³/mol. The first-order valence-electron chi connectivity index (χ1n) is 9.60. The Labute approximate surface area is 179 Å². The first kappa shape index (κ1) is 21.9. The van der Waals surface area contributed by atoms with Gasteiger partial charge in [-0.3, -0.25) is 14.4 Å². The lowest BCUT2D eigenvalue weighted by atomic mass is 10.1. The minimum absolute atomic E-state index is 0.0484. The van der Waals surface area contributed by atoms with Crippen molar-refractivity contribution in [1.29, 1.82) is 0 Å². The van der Waals surface area contributed by atoms with Crippen molar-refractivity contribution in [2.75, 3.05) is 39.4 Å². The Kier molecular flexibility index (Phi) is 7.31. The molecule has 0 fully saturated rings. The lowest BCUT2D eigenvalue weighted by Gasteiger charge is -2.18. The third-order valence-corrected chi connectivity index (χ3v) is 4.42. The second kappa shape index (κ2) is 10.3. The molecule has 0 unspecified atom stereocenters.